The molecule has 1 aliphatic rings. The number of carbonyl (C=O) groups excluding carboxylic acids is 1. The van der Waals surface area contributed by atoms with Gasteiger partial charge in [0.15, 0.2) is 6.29 Å². The molecule has 2 aromatic carbocycles. The Balaban J connectivity index is 2.28. The van der Waals surface area contributed by atoms with Crippen LogP contribution in [0.5, 0.6) is 0 Å². The van der Waals surface area contributed by atoms with Crippen LogP contribution in [0.25, 0.3) is 10.8 Å². The van der Waals surface area contributed by atoms with Crippen molar-refractivity contribution in [1.82, 2.24) is 0 Å². The molecule has 82 valence electrons. The van der Waals surface area contributed by atoms with E-state index in [1.807, 2.05) is 36.4 Å². The van der Waals surface area contributed by atoms with Crippen LogP contribution in [-0.2, 0) is 0 Å². The standard InChI is InChI=1S/C16H12O/c17-11-16-14-8-4-3-7-13(14)9-10-15(16)12-5-1-2-6-12/h1-12H. The van der Waals surface area contributed by atoms with Gasteiger partial charge in [0.2, 0.25) is 0 Å². The summed E-state index contributed by atoms with van der Waals surface area (Å²) >= 11 is 0. The van der Waals surface area contributed by atoms with E-state index in [0.29, 0.717) is 0 Å². The van der Waals surface area contributed by atoms with Gasteiger partial charge in [0.05, 0.1) is 0 Å². The summed E-state index contributed by atoms with van der Waals surface area (Å²) in [6.45, 7) is 0. The smallest absolute Gasteiger partial charge is 0.150 e. The fourth-order valence-electron chi connectivity index (χ4n) is 2.37. The van der Waals surface area contributed by atoms with Gasteiger partial charge in [0.1, 0.15) is 0 Å². The van der Waals surface area contributed by atoms with Crippen LogP contribution in [0.1, 0.15) is 21.8 Å². The lowest BCUT2D eigenvalue weighted by molar-refractivity contribution is 0.112. The third-order valence-corrected chi connectivity index (χ3v) is 3.23. The van der Waals surface area contributed by atoms with Crippen LogP contribution in [-0.4, -0.2) is 6.29 Å². The molecule has 3 rings (SSSR count). The molecule has 17 heavy (non-hydrogen) atoms. The summed E-state index contributed by atoms with van der Waals surface area (Å²) in [5.74, 6) is 0.236. The van der Waals surface area contributed by atoms with E-state index in [1.54, 1.807) is 0 Å². The number of aldehydes is 1. The van der Waals surface area contributed by atoms with Gasteiger partial charge < -0.3 is 0 Å². The monoisotopic (exact) mass is 220 g/mol. The summed E-state index contributed by atoms with van der Waals surface area (Å²) in [5.41, 5.74) is 1.90. The SMILES string of the molecule is O=Cc1c(C2C=CC=C2)ccc2ccccc12. The molecule has 1 nitrogen and oxygen atoms in total. The molecular formula is C16H12O. The van der Waals surface area contributed by atoms with Gasteiger partial charge in [-0.2, -0.15) is 0 Å². The summed E-state index contributed by atoms with van der Waals surface area (Å²) in [4.78, 5) is 11.3. The van der Waals surface area contributed by atoms with E-state index in [2.05, 4.69) is 24.3 Å². The van der Waals surface area contributed by atoms with E-state index in [4.69, 9.17) is 0 Å². The highest BCUT2D eigenvalue weighted by Gasteiger charge is 2.13. The zero-order valence-corrected chi connectivity index (χ0v) is 9.34. The maximum absolute atomic E-state index is 11.3. The van der Waals surface area contributed by atoms with Crippen LogP contribution >= 0.6 is 0 Å². The number of fused-ring (bicyclic) bond motifs is 1. The molecule has 0 radical (unpaired) electrons. The van der Waals surface area contributed by atoms with Crippen LogP contribution in [0.15, 0.2) is 60.7 Å². The van der Waals surface area contributed by atoms with E-state index in [0.717, 1.165) is 28.2 Å². The van der Waals surface area contributed by atoms with Crippen LogP contribution in [0, 0.1) is 0 Å². The lowest BCUT2D eigenvalue weighted by Crippen LogP contribution is -1.97. The van der Waals surface area contributed by atoms with Crippen LogP contribution in [0.4, 0.5) is 0 Å². The number of carbonyl (C=O) groups is 1. The maximum Gasteiger partial charge on any atom is 0.150 e. The molecule has 0 bridgehead atoms. The molecule has 1 heteroatoms. The van der Waals surface area contributed by atoms with Crippen molar-refractivity contribution in [2.24, 2.45) is 0 Å². The van der Waals surface area contributed by atoms with E-state index < -0.39 is 0 Å². The summed E-state index contributed by atoms with van der Waals surface area (Å²) in [6, 6.07) is 12.1. The highest BCUT2D eigenvalue weighted by molar-refractivity contribution is 5.99. The normalized spacial score (nSPS) is 14.6. The van der Waals surface area contributed by atoms with E-state index in [9.17, 15) is 4.79 Å². The molecule has 0 saturated heterocycles. The lowest BCUT2D eigenvalue weighted by atomic mass is 9.92. The predicted molar refractivity (Wildman–Crippen MR) is 70.4 cm³/mol. The summed E-state index contributed by atoms with van der Waals surface area (Å²) in [5, 5.41) is 2.15. The number of allylic oxidation sites excluding steroid dienone is 4. The lowest BCUT2D eigenvalue weighted by Gasteiger charge is -2.11. The highest BCUT2D eigenvalue weighted by Crippen LogP contribution is 2.30. The van der Waals surface area contributed by atoms with E-state index >= 15 is 0 Å². The molecule has 0 spiro atoms. The molecule has 0 unspecified atom stereocenters. The minimum absolute atomic E-state index is 0.236. The first-order valence-electron chi connectivity index (χ1n) is 5.72. The van der Waals surface area contributed by atoms with Gasteiger partial charge in [0.25, 0.3) is 0 Å². The van der Waals surface area contributed by atoms with Crippen molar-refractivity contribution in [3.63, 3.8) is 0 Å². The maximum atomic E-state index is 11.3. The molecule has 0 fully saturated rings. The van der Waals surface area contributed by atoms with Gasteiger partial charge in [-0.3, -0.25) is 4.79 Å². The largest absolute Gasteiger partial charge is 0.298 e. The van der Waals surface area contributed by atoms with Crippen molar-refractivity contribution in [3.8, 4) is 0 Å². The molecule has 0 saturated carbocycles. The minimum Gasteiger partial charge on any atom is -0.298 e. The Morgan fingerprint density at radius 2 is 1.71 bits per heavy atom. The first kappa shape index (κ1) is 10.0. The number of hydrogen-bond acceptors (Lipinski definition) is 1. The molecule has 0 aromatic heterocycles. The van der Waals surface area contributed by atoms with Gasteiger partial charge in [-0.05, 0) is 16.3 Å². The summed E-state index contributed by atoms with van der Waals surface area (Å²) < 4.78 is 0. The van der Waals surface area contributed by atoms with Crippen LogP contribution < -0.4 is 0 Å². The molecule has 0 N–H and O–H groups in total. The Kier molecular flexibility index (Phi) is 2.37. The quantitative estimate of drug-likeness (QED) is 0.702. The third-order valence-electron chi connectivity index (χ3n) is 3.23. The fourth-order valence-corrected chi connectivity index (χ4v) is 2.37. The number of rotatable bonds is 2. The van der Waals surface area contributed by atoms with Gasteiger partial charge in [0, 0.05) is 11.5 Å². The first-order valence-corrected chi connectivity index (χ1v) is 5.72. The van der Waals surface area contributed by atoms with Gasteiger partial charge in [-0.15, -0.1) is 0 Å². The molecule has 0 aliphatic heterocycles. The zero-order chi connectivity index (χ0) is 11.7. The van der Waals surface area contributed by atoms with Crippen molar-refractivity contribution < 1.29 is 4.79 Å². The van der Waals surface area contributed by atoms with Crippen molar-refractivity contribution in [1.29, 1.82) is 0 Å². The fraction of sp³-hybridized carbons (Fsp3) is 0.0625. The van der Waals surface area contributed by atoms with Crippen LogP contribution in [0.3, 0.4) is 0 Å². The van der Waals surface area contributed by atoms with Crippen molar-refractivity contribution in [2.45, 2.75) is 5.92 Å². The van der Waals surface area contributed by atoms with E-state index in [-0.39, 0.29) is 5.92 Å². The van der Waals surface area contributed by atoms with Gasteiger partial charge >= 0.3 is 0 Å². The van der Waals surface area contributed by atoms with E-state index in [1.165, 1.54) is 0 Å². The Bertz CT molecular complexity index is 623. The molecule has 1 aliphatic carbocycles. The van der Waals surface area contributed by atoms with Gasteiger partial charge in [-0.25, -0.2) is 0 Å². The number of benzene rings is 2. The van der Waals surface area contributed by atoms with Crippen molar-refractivity contribution in [3.05, 3.63) is 71.8 Å². The molecule has 0 heterocycles. The molecule has 2 aromatic rings. The molecular weight excluding hydrogens is 208 g/mol. The minimum atomic E-state index is 0.236. The first-order chi connectivity index (χ1) is 8.40. The second-order valence-electron chi connectivity index (χ2n) is 4.20. The second kappa shape index (κ2) is 4.02. The zero-order valence-electron chi connectivity index (χ0n) is 9.34. The van der Waals surface area contributed by atoms with Gasteiger partial charge in [-0.1, -0.05) is 60.7 Å². The molecule has 0 atom stereocenters. The third kappa shape index (κ3) is 1.60. The summed E-state index contributed by atoms with van der Waals surface area (Å²) in [7, 11) is 0. The van der Waals surface area contributed by atoms with Crippen molar-refractivity contribution in [2.75, 3.05) is 0 Å². The second-order valence-corrected chi connectivity index (χ2v) is 4.20. The highest BCUT2D eigenvalue weighted by atomic mass is 16.1. The molecule has 0 amide bonds. The Morgan fingerprint density at radius 3 is 2.47 bits per heavy atom. The average Bonchev–Trinajstić information content (AvgIpc) is 2.91. The summed E-state index contributed by atoms with van der Waals surface area (Å²) in [6.07, 6.45) is 9.23. The Morgan fingerprint density at radius 1 is 0.941 bits per heavy atom. The average molecular weight is 220 g/mol. The van der Waals surface area contributed by atoms with Crippen LogP contribution in [0.2, 0.25) is 0 Å². The topological polar surface area (TPSA) is 17.1 Å². The Labute approximate surface area is 100 Å². The predicted octanol–water partition coefficient (Wildman–Crippen LogP) is 3.86. The van der Waals surface area contributed by atoms with Crippen molar-refractivity contribution >= 4 is 17.1 Å². The Hall–Kier alpha value is -2.15. The number of hydrogen-bond donors (Lipinski definition) is 0.